The summed E-state index contributed by atoms with van der Waals surface area (Å²) in [5.74, 6) is 0. The van der Waals surface area contributed by atoms with E-state index in [9.17, 15) is 5.26 Å². The largest absolute Gasteiger partial charge is 0.277 e. The first-order valence-corrected chi connectivity index (χ1v) is 8.46. The monoisotopic (exact) mass is 335 g/mol. The van der Waals surface area contributed by atoms with Crippen LogP contribution < -0.4 is 5.43 Å². The summed E-state index contributed by atoms with van der Waals surface area (Å²) in [5.41, 5.74) is 7.66. The molecule has 2 heterocycles. The molecule has 0 fully saturated rings. The fraction of sp³-hybridized carbons (Fsp3) is 0. The molecule has 0 unspecified atom stereocenters. The molecule has 5 nitrogen and oxygen atoms in total. The van der Waals surface area contributed by atoms with Gasteiger partial charge in [0, 0.05) is 0 Å². The van der Waals surface area contributed by atoms with E-state index in [2.05, 4.69) is 26.6 Å². The number of hydrogen-bond donors (Lipinski definition) is 1. The maximum Gasteiger partial charge on any atom is 0.196 e. The van der Waals surface area contributed by atoms with Crippen molar-refractivity contribution >= 4 is 54.5 Å². The molecule has 7 heteroatoms. The maximum atomic E-state index is 9.36. The molecule has 0 spiro atoms. The molecular formula is C16H9N5S2. The van der Waals surface area contributed by atoms with Crippen LogP contribution in [0.4, 0.5) is 5.69 Å². The fourth-order valence-electron chi connectivity index (χ4n) is 2.14. The minimum Gasteiger partial charge on any atom is -0.277 e. The second-order valence-electron chi connectivity index (χ2n) is 4.71. The molecule has 110 valence electrons. The normalized spacial score (nSPS) is 11.7. The number of anilines is 1. The quantitative estimate of drug-likeness (QED) is 0.449. The van der Waals surface area contributed by atoms with E-state index in [1.54, 1.807) is 16.8 Å². The second-order valence-corrected chi connectivity index (χ2v) is 6.62. The average molecular weight is 335 g/mol. The number of hydrazone groups is 1. The molecule has 0 bridgehead atoms. The van der Waals surface area contributed by atoms with Crippen molar-refractivity contribution in [1.29, 1.82) is 5.26 Å². The van der Waals surface area contributed by atoms with Crippen molar-refractivity contribution in [3.05, 3.63) is 53.0 Å². The molecule has 23 heavy (non-hydrogen) atoms. The van der Waals surface area contributed by atoms with E-state index < -0.39 is 0 Å². The number of hydrogen-bond acceptors (Lipinski definition) is 7. The fourth-order valence-corrected chi connectivity index (χ4v) is 3.76. The SMILES string of the molecule is N#C/C(=N\Nc1ccc2ncsc2c1)c1nc2ccccc2s1. The zero-order chi connectivity index (χ0) is 15.6. The second kappa shape index (κ2) is 5.76. The Labute approximate surface area is 139 Å². The summed E-state index contributed by atoms with van der Waals surface area (Å²) in [5, 5.41) is 14.2. The molecule has 4 aromatic rings. The number of fused-ring (bicyclic) bond motifs is 2. The van der Waals surface area contributed by atoms with Crippen molar-refractivity contribution in [2.24, 2.45) is 5.10 Å². The average Bonchev–Trinajstić information content (AvgIpc) is 3.21. The smallest absolute Gasteiger partial charge is 0.196 e. The van der Waals surface area contributed by atoms with Crippen LogP contribution in [0.15, 0.2) is 53.1 Å². The van der Waals surface area contributed by atoms with Crippen molar-refractivity contribution in [2.45, 2.75) is 0 Å². The van der Waals surface area contributed by atoms with Crippen molar-refractivity contribution in [3.8, 4) is 6.07 Å². The Morgan fingerprint density at radius 2 is 2.04 bits per heavy atom. The highest BCUT2D eigenvalue weighted by atomic mass is 32.1. The number of benzene rings is 2. The minimum absolute atomic E-state index is 0.274. The van der Waals surface area contributed by atoms with Gasteiger partial charge in [-0.05, 0) is 30.3 Å². The molecule has 1 N–H and O–H groups in total. The zero-order valence-electron chi connectivity index (χ0n) is 11.7. The first-order valence-electron chi connectivity index (χ1n) is 6.76. The van der Waals surface area contributed by atoms with E-state index in [1.807, 2.05) is 42.5 Å². The Kier molecular flexibility index (Phi) is 3.46. The molecule has 0 saturated heterocycles. The third-order valence-corrected chi connectivity index (χ3v) is 5.07. The molecule has 0 aliphatic carbocycles. The lowest BCUT2D eigenvalue weighted by atomic mass is 10.3. The highest BCUT2D eigenvalue weighted by molar-refractivity contribution is 7.20. The topological polar surface area (TPSA) is 74.0 Å². The van der Waals surface area contributed by atoms with Gasteiger partial charge in [0.25, 0.3) is 0 Å². The summed E-state index contributed by atoms with van der Waals surface area (Å²) in [4.78, 5) is 8.69. The Hall–Kier alpha value is -2.82. The molecule has 2 aromatic carbocycles. The molecule has 4 rings (SSSR count). The van der Waals surface area contributed by atoms with Gasteiger partial charge in [-0.25, -0.2) is 9.97 Å². The van der Waals surface area contributed by atoms with E-state index in [4.69, 9.17) is 0 Å². The number of aromatic nitrogens is 2. The summed E-state index contributed by atoms with van der Waals surface area (Å²) in [7, 11) is 0. The third kappa shape index (κ3) is 2.65. The molecule has 0 atom stereocenters. The lowest BCUT2D eigenvalue weighted by Gasteiger charge is -2.00. The van der Waals surface area contributed by atoms with Gasteiger partial charge in [0.15, 0.2) is 10.7 Å². The number of nitrogens with zero attached hydrogens (tertiary/aromatic N) is 4. The summed E-state index contributed by atoms with van der Waals surface area (Å²) >= 11 is 3.02. The highest BCUT2D eigenvalue weighted by Gasteiger charge is 2.10. The molecule has 0 saturated carbocycles. The van der Waals surface area contributed by atoms with Crippen molar-refractivity contribution in [1.82, 2.24) is 9.97 Å². The number of rotatable bonds is 3. The summed E-state index contributed by atoms with van der Waals surface area (Å²) in [6, 6.07) is 15.7. The van der Waals surface area contributed by atoms with Gasteiger partial charge in [0.05, 0.1) is 31.6 Å². The number of nitriles is 1. The predicted octanol–water partition coefficient (Wildman–Crippen LogP) is 4.25. The number of thiazole rings is 2. The zero-order valence-corrected chi connectivity index (χ0v) is 13.4. The maximum absolute atomic E-state index is 9.36. The van der Waals surface area contributed by atoms with E-state index in [-0.39, 0.29) is 5.71 Å². The van der Waals surface area contributed by atoms with Crippen LogP contribution in [0.25, 0.3) is 20.4 Å². The minimum atomic E-state index is 0.274. The van der Waals surface area contributed by atoms with Crippen molar-refractivity contribution in [2.75, 3.05) is 5.43 Å². The Morgan fingerprint density at radius 3 is 2.91 bits per heavy atom. The summed E-state index contributed by atoms with van der Waals surface area (Å²) in [6.45, 7) is 0. The van der Waals surface area contributed by atoms with Gasteiger partial charge in [-0.1, -0.05) is 12.1 Å². The van der Waals surface area contributed by atoms with Gasteiger partial charge in [0.1, 0.15) is 6.07 Å². The van der Waals surface area contributed by atoms with Crippen LogP contribution in [0.1, 0.15) is 5.01 Å². The first-order chi connectivity index (χ1) is 11.3. The Morgan fingerprint density at radius 1 is 1.13 bits per heavy atom. The Bertz CT molecular complexity index is 1040. The van der Waals surface area contributed by atoms with E-state index >= 15 is 0 Å². The van der Waals surface area contributed by atoms with Gasteiger partial charge in [-0.3, -0.25) is 5.43 Å². The molecular weight excluding hydrogens is 326 g/mol. The number of nitrogens with one attached hydrogen (secondary N) is 1. The lowest BCUT2D eigenvalue weighted by molar-refractivity contribution is 1.32. The van der Waals surface area contributed by atoms with Crippen LogP contribution in [-0.4, -0.2) is 15.7 Å². The molecule has 0 radical (unpaired) electrons. The summed E-state index contributed by atoms with van der Waals surface area (Å²) in [6.07, 6.45) is 0. The van der Waals surface area contributed by atoms with Gasteiger partial charge < -0.3 is 0 Å². The Balaban J connectivity index is 1.65. The van der Waals surface area contributed by atoms with Crippen molar-refractivity contribution in [3.63, 3.8) is 0 Å². The molecule has 0 aliphatic rings. The molecule has 0 amide bonds. The van der Waals surface area contributed by atoms with Crippen LogP contribution >= 0.6 is 22.7 Å². The van der Waals surface area contributed by atoms with Gasteiger partial charge in [-0.2, -0.15) is 10.4 Å². The third-order valence-electron chi connectivity index (χ3n) is 3.23. The van der Waals surface area contributed by atoms with Crippen LogP contribution in [0.5, 0.6) is 0 Å². The van der Waals surface area contributed by atoms with Crippen LogP contribution in [-0.2, 0) is 0 Å². The van der Waals surface area contributed by atoms with Crippen LogP contribution in [0, 0.1) is 11.3 Å². The van der Waals surface area contributed by atoms with Crippen LogP contribution in [0.2, 0.25) is 0 Å². The number of para-hydroxylation sites is 1. The standard InChI is InChI=1S/C16H9N5S2/c17-8-13(16-19-12-3-1-2-4-14(12)23-16)21-20-10-5-6-11-15(7-10)22-9-18-11/h1-7,9,20H/b21-13+. The van der Waals surface area contributed by atoms with Gasteiger partial charge in [-0.15, -0.1) is 22.7 Å². The molecule has 2 aromatic heterocycles. The van der Waals surface area contributed by atoms with Crippen LogP contribution in [0.3, 0.4) is 0 Å². The van der Waals surface area contributed by atoms with Gasteiger partial charge in [0.2, 0.25) is 0 Å². The van der Waals surface area contributed by atoms with E-state index in [1.165, 1.54) is 11.3 Å². The summed E-state index contributed by atoms with van der Waals surface area (Å²) < 4.78 is 2.11. The van der Waals surface area contributed by atoms with E-state index in [0.717, 1.165) is 26.1 Å². The van der Waals surface area contributed by atoms with Gasteiger partial charge >= 0.3 is 0 Å². The first kappa shape index (κ1) is 13.8. The van der Waals surface area contributed by atoms with E-state index in [0.29, 0.717) is 5.01 Å². The highest BCUT2D eigenvalue weighted by Crippen LogP contribution is 2.23. The lowest BCUT2D eigenvalue weighted by Crippen LogP contribution is -2.01. The van der Waals surface area contributed by atoms with Crippen molar-refractivity contribution < 1.29 is 0 Å². The predicted molar refractivity (Wildman–Crippen MR) is 95.0 cm³/mol. The molecule has 0 aliphatic heterocycles.